The lowest BCUT2D eigenvalue weighted by atomic mass is 9.91. The molecule has 0 unspecified atom stereocenters. The largest absolute Gasteiger partial charge is 0.455 e. The SMILES string of the molecule is c1ccc(-c2ccc(N(c3ccc(-c4ccccc4)cc3)c3ccc(-c4ccc(-c5cccc6c5oc5ccccc56)c5oc6ccccc6c45)c4c3oc3ccccc34)cc2)cc1. The molecule has 10 aromatic carbocycles. The molecule has 0 fully saturated rings. The second-order valence-corrected chi connectivity index (χ2v) is 16.3. The van der Waals surface area contributed by atoms with Crippen LogP contribution in [0.2, 0.25) is 0 Å². The van der Waals surface area contributed by atoms with E-state index in [1.54, 1.807) is 0 Å². The van der Waals surface area contributed by atoms with Gasteiger partial charge in [0, 0.05) is 54.8 Å². The van der Waals surface area contributed by atoms with Gasteiger partial charge in [-0.1, -0.05) is 170 Å². The van der Waals surface area contributed by atoms with E-state index in [0.29, 0.717) is 0 Å². The molecule has 0 aliphatic rings. The maximum absolute atomic E-state index is 7.03. The van der Waals surface area contributed by atoms with Crippen LogP contribution in [0.5, 0.6) is 0 Å². The fraction of sp³-hybridized carbons (Fsp3) is 0. The van der Waals surface area contributed by atoms with E-state index in [0.717, 1.165) is 116 Å². The first-order valence-corrected chi connectivity index (χ1v) is 21.7. The summed E-state index contributed by atoms with van der Waals surface area (Å²) in [4.78, 5) is 2.32. The molecule has 0 radical (unpaired) electrons. The van der Waals surface area contributed by atoms with E-state index >= 15 is 0 Å². The van der Waals surface area contributed by atoms with E-state index in [2.05, 4.69) is 205 Å². The van der Waals surface area contributed by atoms with Crippen molar-refractivity contribution in [3.8, 4) is 44.5 Å². The Labute approximate surface area is 368 Å². The number of nitrogens with zero attached hydrogens (tertiary/aromatic N) is 1. The van der Waals surface area contributed by atoms with Gasteiger partial charge in [-0.05, 0) is 88.0 Å². The summed E-state index contributed by atoms with van der Waals surface area (Å²) in [6.45, 7) is 0. The quantitative estimate of drug-likeness (QED) is 0.161. The highest BCUT2D eigenvalue weighted by atomic mass is 16.3. The Morgan fingerprint density at radius 1 is 0.250 bits per heavy atom. The standard InChI is InChI=1S/C60H37NO3/c1-3-14-38(15-4-1)40-26-30-42(31-27-40)61(43-32-28-41(29-33-43)39-16-5-2-6-17-39)52-37-36-46(57-51-20-9-12-25-55(51)64-60(52)57)45-34-35-49(59-56(45)50-19-8-11-24-54(50)63-59)48-22-13-21-47-44-18-7-10-23-53(44)62-58(47)48/h1-37H. The minimum atomic E-state index is 0.801. The van der Waals surface area contributed by atoms with Gasteiger partial charge in [-0.25, -0.2) is 0 Å². The number of benzene rings is 10. The normalized spacial score (nSPS) is 11.8. The van der Waals surface area contributed by atoms with Crippen molar-refractivity contribution in [3.63, 3.8) is 0 Å². The highest BCUT2D eigenvalue weighted by molar-refractivity contribution is 6.24. The second-order valence-electron chi connectivity index (χ2n) is 16.3. The zero-order valence-electron chi connectivity index (χ0n) is 34.5. The van der Waals surface area contributed by atoms with Gasteiger partial charge in [-0.15, -0.1) is 0 Å². The first-order valence-electron chi connectivity index (χ1n) is 21.7. The summed E-state index contributed by atoms with van der Waals surface area (Å²) in [5, 5.41) is 6.36. The van der Waals surface area contributed by atoms with Crippen molar-refractivity contribution in [2.45, 2.75) is 0 Å². The number of anilines is 3. The zero-order chi connectivity index (χ0) is 42.1. The zero-order valence-corrected chi connectivity index (χ0v) is 34.5. The van der Waals surface area contributed by atoms with Crippen molar-refractivity contribution in [1.29, 1.82) is 0 Å². The fourth-order valence-electron chi connectivity index (χ4n) is 9.73. The number of rotatable bonds is 7. The number of hydrogen-bond donors (Lipinski definition) is 0. The maximum atomic E-state index is 7.03. The lowest BCUT2D eigenvalue weighted by Gasteiger charge is -2.26. The molecule has 0 N–H and O–H groups in total. The predicted octanol–water partition coefficient (Wildman–Crippen LogP) is 17.5. The highest BCUT2D eigenvalue weighted by Gasteiger charge is 2.26. The van der Waals surface area contributed by atoms with E-state index in [9.17, 15) is 0 Å². The third kappa shape index (κ3) is 5.70. The second kappa shape index (κ2) is 14.5. The summed E-state index contributed by atoms with van der Waals surface area (Å²) in [6.07, 6.45) is 0. The van der Waals surface area contributed by atoms with Crippen molar-refractivity contribution in [2.75, 3.05) is 4.90 Å². The number of hydrogen-bond acceptors (Lipinski definition) is 4. The Hall–Kier alpha value is -8.60. The summed E-state index contributed by atoms with van der Waals surface area (Å²) < 4.78 is 20.5. The summed E-state index contributed by atoms with van der Waals surface area (Å²) in [7, 11) is 0. The van der Waals surface area contributed by atoms with E-state index < -0.39 is 0 Å². The van der Waals surface area contributed by atoms with Crippen LogP contribution in [0.15, 0.2) is 238 Å². The van der Waals surface area contributed by atoms with Gasteiger partial charge in [0.25, 0.3) is 0 Å². The Kier molecular flexibility index (Phi) is 8.18. The molecular weight excluding hydrogens is 783 g/mol. The monoisotopic (exact) mass is 819 g/mol. The van der Waals surface area contributed by atoms with Crippen molar-refractivity contribution in [3.05, 3.63) is 224 Å². The first-order chi connectivity index (χ1) is 31.7. The molecule has 3 aromatic heterocycles. The smallest absolute Gasteiger partial charge is 0.160 e. The molecule has 3 heterocycles. The van der Waals surface area contributed by atoms with Gasteiger partial charge in [0.2, 0.25) is 0 Å². The number of para-hydroxylation sites is 4. The average Bonchev–Trinajstić information content (AvgIpc) is 4.08. The van der Waals surface area contributed by atoms with Gasteiger partial charge >= 0.3 is 0 Å². The number of fused-ring (bicyclic) bond motifs is 9. The van der Waals surface area contributed by atoms with Crippen LogP contribution in [0, 0.1) is 0 Å². The minimum Gasteiger partial charge on any atom is -0.455 e. The van der Waals surface area contributed by atoms with Crippen LogP contribution in [0.4, 0.5) is 17.1 Å². The minimum absolute atomic E-state index is 0.801. The molecule has 64 heavy (non-hydrogen) atoms. The third-order valence-corrected chi connectivity index (χ3v) is 12.7. The molecule has 0 bridgehead atoms. The molecule has 13 rings (SSSR count). The molecule has 300 valence electrons. The van der Waals surface area contributed by atoms with Gasteiger partial charge in [-0.2, -0.15) is 0 Å². The van der Waals surface area contributed by atoms with E-state index in [4.69, 9.17) is 13.3 Å². The van der Waals surface area contributed by atoms with Crippen LogP contribution in [0.25, 0.3) is 110 Å². The van der Waals surface area contributed by atoms with Crippen molar-refractivity contribution in [1.82, 2.24) is 0 Å². The fourth-order valence-corrected chi connectivity index (χ4v) is 9.73. The highest BCUT2D eigenvalue weighted by Crippen LogP contribution is 2.50. The van der Waals surface area contributed by atoms with Crippen LogP contribution >= 0.6 is 0 Å². The summed E-state index contributed by atoms with van der Waals surface area (Å²) in [5.74, 6) is 0. The van der Waals surface area contributed by atoms with Crippen molar-refractivity contribution >= 4 is 82.9 Å². The molecule has 4 heteroatoms. The lowest BCUT2D eigenvalue weighted by Crippen LogP contribution is -2.10. The maximum Gasteiger partial charge on any atom is 0.160 e. The molecule has 4 nitrogen and oxygen atoms in total. The Morgan fingerprint density at radius 3 is 1.25 bits per heavy atom. The molecule has 0 spiro atoms. The van der Waals surface area contributed by atoms with Crippen LogP contribution in [0.1, 0.15) is 0 Å². The molecule has 0 aliphatic carbocycles. The Morgan fingerprint density at radius 2 is 0.656 bits per heavy atom. The van der Waals surface area contributed by atoms with E-state index in [1.165, 1.54) is 11.1 Å². The van der Waals surface area contributed by atoms with Crippen molar-refractivity contribution in [2.24, 2.45) is 0 Å². The lowest BCUT2D eigenvalue weighted by molar-refractivity contribution is 0.665. The molecule has 13 aromatic rings. The molecule has 0 atom stereocenters. The topological polar surface area (TPSA) is 42.7 Å². The molecular formula is C60H37NO3. The molecule has 0 saturated carbocycles. The summed E-state index contributed by atoms with van der Waals surface area (Å²) in [5.41, 5.74) is 16.7. The summed E-state index contributed by atoms with van der Waals surface area (Å²) in [6, 6.07) is 78.9. The van der Waals surface area contributed by atoms with Gasteiger partial charge in [0.1, 0.15) is 27.9 Å². The van der Waals surface area contributed by atoms with Crippen LogP contribution < -0.4 is 4.90 Å². The average molecular weight is 820 g/mol. The predicted molar refractivity (Wildman–Crippen MR) is 265 cm³/mol. The van der Waals surface area contributed by atoms with E-state index in [1.807, 2.05) is 24.3 Å². The number of furan rings is 3. The van der Waals surface area contributed by atoms with Gasteiger partial charge in [0.05, 0.1) is 5.69 Å². The molecule has 0 saturated heterocycles. The van der Waals surface area contributed by atoms with Crippen LogP contribution in [-0.2, 0) is 0 Å². The van der Waals surface area contributed by atoms with E-state index in [-0.39, 0.29) is 0 Å². The molecule has 0 amide bonds. The molecule has 0 aliphatic heterocycles. The Balaban J connectivity index is 1.04. The Bertz CT molecular complexity index is 3790. The van der Waals surface area contributed by atoms with Gasteiger partial charge in [0.15, 0.2) is 5.58 Å². The van der Waals surface area contributed by atoms with Gasteiger partial charge in [-0.3, -0.25) is 0 Å². The van der Waals surface area contributed by atoms with Gasteiger partial charge < -0.3 is 18.2 Å². The van der Waals surface area contributed by atoms with Crippen LogP contribution in [-0.4, -0.2) is 0 Å². The first kappa shape index (κ1) is 36.1. The third-order valence-electron chi connectivity index (χ3n) is 12.7. The summed E-state index contributed by atoms with van der Waals surface area (Å²) >= 11 is 0. The van der Waals surface area contributed by atoms with Crippen LogP contribution in [0.3, 0.4) is 0 Å². The van der Waals surface area contributed by atoms with Crippen molar-refractivity contribution < 1.29 is 13.3 Å².